The lowest BCUT2D eigenvalue weighted by atomic mass is 9.93. The summed E-state index contributed by atoms with van der Waals surface area (Å²) in [6.07, 6.45) is 2.00. The summed E-state index contributed by atoms with van der Waals surface area (Å²) in [6, 6.07) is 9.31. The molecular formula is C13H12BrNO2. The van der Waals surface area contributed by atoms with Gasteiger partial charge >= 0.3 is 0 Å². The molecule has 0 saturated heterocycles. The smallest absolute Gasteiger partial charge is 0.154 e. The van der Waals surface area contributed by atoms with Gasteiger partial charge in [0.15, 0.2) is 11.4 Å². The van der Waals surface area contributed by atoms with Crippen molar-refractivity contribution in [3.63, 3.8) is 0 Å². The van der Waals surface area contributed by atoms with Crippen LogP contribution >= 0.6 is 15.9 Å². The number of rotatable bonds is 1. The van der Waals surface area contributed by atoms with Crippen molar-refractivity contribution in [1.82, 2.24) is 0 Å². The van der Waals surface area contributed by atoms with Crippen molar-refractivity contribution >= 4 is 15.9 Å². The Bertz CT molecular complexity index is 566. The third-order valence-corrected chi connectivity index (χ3v) is 3.94. The van der Waals surface area contributed by atoms with Gasteiger partial charge in [-0.2, -0.15) is 0 Å². The number of hydrogen-bond donors (Lipinski definition) is 2. The standard InChI is InChI=1S/C13H12BrNO2/c14-10-5-6-17-12(10)13(16)7-11(15)8-3-1-2-4-9(8)13/h1-6,11,16H,7,15H2. The summed E-state index contributed by atoms with van der Waals surface area (Å²) >= 11 is 3.39. The summed E-state index contributed by atoms with van der Waals surface area (Å²) < 4.78 is 6.17. The maximum absolute atomic E-state index is 10.9. The van der Waals surface area contributed by atoms with E-state index in [0.29, 0.717) is 12.2 Å². The number of furan rings is 1. The van der Waals surface area contributed by atoms with Gasteiger partial charge in [-0.1, -0.05) is 24.3 Å². The third-order valence-electron chi connectivity index (χ3n) is 3.31. The normalized spacial score (nSPS) is 27.1. The fourth-order valence-electron chi connectivity index (χ4n) is 2.54. The molecule has 0 radical (unpaired) electrons. The number of aliphatic hydroxyl groups is 1. The Labute approximate surface area is 107 Å². The van der Waals surface area contributed by atoms with E-state index >= 15 is 0 Å². The van der Waals surface area contributed by atoms with Crippen molar-refractivity contribution < 1.29 is 9.52 Å². The predicted octanol–water partition coefficient (Wildman–Crippen LogP) is 2.68. The van der Waals surface area contributed by atoms with Crippen LogP contribution in [0, 0.1) is 0 Å². The fraction of sp³-hybridized carbons (Fsp3) is 0.231. The molecule has 1 aromatic heterocycles. The largest absolute Gasteiger partial charge is 0.465 e. The van der Waals surface area contributed by atoms with E-state index in [1.165, 1.54) is 0 Å². The molecule has 3 rings (SSSR count). The molecule has 2 atom stereocenters. The highest BCUT2D eigenvalue weighted by atomic mass is 79.9. The van der Waals surface area contributed by atoms with E-state index < -0.39 is 5.60 Å². The Morgan fingerprint density at radius 3 is 2.82 bits per heavy atom. The molecule has 17 heavy (non-hydrogen) atoms. The molecular weight excluding hydrogens is 282 g/mol. The summed E-state index contributed by atoms with van der Waals surface area (Å²) in [6.45, 7) is 0. The van der Waals surface area contributed by atoms with Gasteiger partial charge in [0.05, 0.1) is 10.7 Å². The maximum Gasteiger partial charge on any atom is 0.154 e. The Morgan fingerprint density at radius 2 is 2.12 bits per heavy atom. The van der Waals surface area contributed by atoms with Crippen LogP contribution in [0.3, 0.4) is 0 Å². The molecule has 0 amide bonds. The first kappa shape index (κ1) is 11.0. The van der Waals surface area contributed by atoms with Gasteiger partial charge in [-0.3, -0.25) is 0 Å². The molecule has 0 aliphatic heterocycles. The van der Waals surface area contributed by atoms with Crippen LogP contribution in [0.4, 0.5) is 0 Å². The van der Waals surface area contributed by atoms with Crippen molar-refractivity contribution in [2.45, 2.75) is 18.1 Å². The molecule has 0 spiro atoms. The second-order valence-electron chi connectivity index (χ2n) is 4.36. The monoisotopic (exact) mass is 293 g/mol. The van der Waals surface area contributed by atoms with Crippen LogP contribution in [0.15, 0.2) is 45.5 Å². The van der Waals surface area contributed by atoms with Gasteiger partial charge in [0.2, 0.25) is 0 Å². The van der Waals surface area contributed by atoms with Crippen LogP contribution in [-0.2, 0) is 5.60 Å². The third kappa shape index (κ3) is 1.48. The SMILES string of the molecule is NC1CC(O)(c2occc2Br)c2ccccc21. The summed E-state index contributed by atoms with van der Waals surface area (Å²) in [5.41, 5.74) is 6.76. The van der Waals surface area contributed by atoms with Crippen LogP contribution in [0.2, 0.25) is 0 Å². The van der Waals surface area contributed by atoms with Gasteiger partial charge in [-0.05, 0) is 33.1 Å². The summed E-state index contributed by atoms with van der Waals surface area (Å²) in [5.74, 6) is 0.526. The van der Waals surface area contributed by atoms with Crippen molar-refractivity contribution in [2.75, 3.05) is 0 Å². The number of benzene rings is 1. The lowest BCUT2D eigenvalue weighted by Crippen LogP contribution is -2.24. The molecule has 2 aromatic rings. The van der Waals surface area contributed by atoms with Gasteiger partial charge in [0.1, 0.15) is 0 Å². The Kier molecular flexibility index (Phi) is 2.40. The molecule has 1 aliphatic carbocycles. The number of halogens is 1. The minimum Gasteiger partial charge on any atom is -0.465 e. The molecule has 2 unspecified atom stereocenters. The zero-order valence-electron chi connectivity index (χ0n) is 9.06. The molecule has 1 heterocycles. The zero-order chi connectivity index (χ0) is 12.0. The van der Waals surface area contributed by atoms with Crippen LogP contribution in [0.5, 0.6) is 0 Å². The van der Waals surface area contributed by atoms with E-state index in [4.69, 9.17) is 10.2 Å². The van der Waals surface area contributed by atoms with E-state index in [-0.39, 0.29) is 6.04 Å². The van der Waals surface area contributed by atoms with Crippen molar-refractivity contribution in [2.24, 2.45) is 5.73 Å². The van der Waals surface area contributed by atoms with Gasteiger partial charge < -0.3 is 15.3 Å². The van der Waals surface area contributed by atoms with Gasteiger partial charge in [-0.25, -0.2) is 0 Å². The topological polar surface area (TPSA) is 59.4 Å². The van der Waals surface area contributed by atoms with E-state index in [9.17, 15) is 5.11 Å². The van der Waals surface area contributed by atoms with E-state index in [0.717, 1.165) is 15.6 Å². The highest BCUT2D eigenvalue weighted by molar-refractivity contribution is 9.10. The Balaban J connectivity index is 2.21. The molecule has 1 aliphatic rings. The lowest BCUT2D eigenvalue weighted by Gasteiger charge is -2.22. The Hall–Kier alpha value is -1.10. The number of hydrogen-bond acceptors (Lipinski definition) is 3. The summed E-state index contributed by atoms with van der Waals surface area (Å²) in [7, 11) is 0. The van der Waals surface area contributed by atoms with E-state index in [1.807, 2.05) is 24.3 Å². The zero-order valence-corrected chi connectivity index (χ0v) is 10.6. The van der Waals surface area contributed by atoms with E-state index in [2.05, 4.69) is 15.9 Å². The average Bonchev–Trinajstić information content (AvgIpc) is 2.85. The van der Waals surface area contributed by atoms with Crippen LogP contribution in [-0.4, -0.2) is 5.11 Å². The maximum atomic E-state index is 10.9. The molecule has 0 bridgehead atoms. The van der Waals surface area contributed by atoms with Crippen molar-refractivity contribution in [1.29, 1.82) is 0 Å². The number of nitrogens with two attached hydrogens (primary N) is 1. The molecule has 88 valence electrons. The molecule has 3 N–H and O–H groups in total. The van der Waals surface area contributed by atoms with Gasteiger partial charge in [0.25, 0.3) is 0 Å². The molecule has 4 heteroatoms. The molecule has 1 aromatic carbocycles. The van der Waals surface area contributed by atoms with Crippen molar-refractivity contribution in [3.05, 3.63) is 58.0 Å². The molecule has 0 fully saturated rings. The first-order valence-corrected chi connectivity index (χ1v) is 6.23. The van der Waals surface area contributed by atoms with Crippen LogP contribution in [0.1, 0.15) is 29.3 Å². The quantitative estimate of drug-likeness (QED) is 0.850. The second kappa shape index (κ2) is 3.70. The first-order valence-electron chi connectivity index (χ1n) is 5.44. The molecule has 3 nitrogen and oxygen atoms in total. The minimum atomic E-state index is -1.13. The van der Waals surface area contributed by atoms with Crippen LogP contribution in [0.25, 0.3) is 0 Å². The summed E-state index contributed by atoms with van der Waals surface area (Å²) in [5, 5.41) is 10.9. The van der Waals surface area contributed by atoms with E-state index in [1.54, 1.807) is 12.3 Å². The highest BCUT2D eigenvalue weighted by Gasteiger charge is 2.45. The predicted molar refractivity (Wildman–Crippen MR) is 67.4 cm³/mol. The second-order valence-corrected chi connectivity index (χ2v) is 5.21. The van der Waals surface area contributed by atoms with Crippen LogP contribution < -0.4 is 5.73 Å². The lowest BCUT2D eigenvalue weighted by molar-refractivity contribution is 0.0530. The number of fused-ring (bicyclic) bond motifs is 1. The first-order chi connectivity index (χ1) is 8.13. The minimum absolute atomic E-state index is 0.159. The molecule has 0 saturated carbocycles. The van der Waals surface area contributed by atoms with Gasteiger partial charge in [0, 0.05) is 12.5 Å². The average molecular weight is 294 g/mol. The van der Waals surface area contributed by atoms with Crippen molar-refractivity contribution in [3.8, 4) is 0 Å². The Morgan fingerprint density at radius 1 is 1.35 bits per heavy atom. The summed E-state index contributed by atoms with van der Waals surface area (Å²) in [4.78, 5) is 0. The van der Waals surface area contributed by atoms with Gasteiger partial charge in [-0.15, -0.1) is 0 Å². The highest BCUT2D eigenvalue weighted by Crippen LogP contribution is 2.48. The fourth-order valence-corrected chi connectivity index (χ4v) is 3.07.